The molecule has 0 heterocycles. The van der Waals surface area contributed by atoms with Gasteiger partial charge in [-0.2, -0.15) is 0 Å². The van der Waals surface area contributed by atoms with Gasteiger partial charge in [-0.25, -0.2) is 26.7 Å². The zero-order valence-electron chi connectivity index (χ0n) is 11.3. The molecule has 1 aromatic carbocycles. The summed E-state index contributed by atoms with van der Waals surface area (Å²) in [6.45, 7) is 0. The molecule has 1 fully saturated rings. The first kappa shape index (κ1) is 16.4. The molecule has 0 bridgehead atoms. The molecule has 21 heavy (non-hydrogen) atoms. The fourth-order valence-electron chi connectivity index (χ4n) is 2.30. The van der Waals surface area contributed by atoms with Crippen LogP contribution in [0.1, 0.15) is 25.7 Å². The molecule has 1 aliphatic carbocycles. The molecular weight excluding hydrogens is 316 g/mol. The van der Waals surface area contributed by atoms with Crippen molar-refractivity contribution in [3.8, 4) is 0 Å². The monoisotopic (exact) mass is 334 g/mol. The Morgan fingerprint density at radius 1 is 1.05 bits per heavy atom. The Morgan fingerprint density at radius 2 is 1.62 bits per heavy atom. The van der Waals surface area contributed by atoms with Crippen molar-refractivity contribution >= 4 is 20.0 Å². The van der Waals surface area contributed by atoms with Crippen molar-refractivity contribution in [1.82, 2.24) is 4.72 Å². The summed E-state index contributed by atoms with van der Waals surface area (Å²) in [5.41, 5.74) is 0. The summed E-state index contributed by atoms with van der Waals surface area (Å²) in [6.07, 6.45) is 1.82. The Kier molecular flexibility index (Phi) is 4.69. The van der Waals surface area contributed by atoms with E-state index in [-0.39, 0.29) is 21.9 Å². The van der Waals surface area contributed by atoms with Crippen LogP contribution in [-0.4, -0.2) is 34.1 Å². The van der Waals surface area contributed by atoms with Gasteiger partial charge in [0.15, 0.2) is 0 Å². The van der Waals surface area contributed by atoms with E-state index in [0.717, 1.165) is 6.07 Å². The third-order valence-electron chi connectivity index (χ3n) is 3.46. The van der Waals surface area contributed by atoms with E-state index in [9.17, 15) is 21.9 Å². The number of rotatable bonds is 4. The Hall–Kier alpha value is -1.00. The maximum Gasteiger partial charge on any atom is 0.240 e. The first-order chi connectivity index (χ1) is 9.68. The molecule has 0 spiro atoms. The van der Waals surface area contributed by atoms with Crippen LogP contribution in [0, 0.1) is 0 Å². The number of nitrogens with two attached hydrogens (primary N) is 1. The minimum atomic E-state index is -3.95. The molecule has 0 unspecified atom stereocenters. The lowest BCUT2D eigenvalue weighted by Crippen LogP contribution is -2.38. The summed E-state index contributed by atoms with van der Waals surface area (Å²) in [5, 5.41) is 14.4. The topological polar surface area (TPSA) is 127 Å². The van der Waals surface area contributed by atoms with Crippen LogP contribution in [0.3, 0.4) is 0 Å². The van der Waals surface area contributed by atoms with Crippen LogP contribution < -0.4 is 9.86 Å². The van der Waals surface area contributed by atoms with Crippen LogP contribution in [0.4, 0.5) is 0 Å². The van der Waals surface area contributed by atoms with E-state index in [4.69, 9.17) is 5.14 Å². The van der Waals surface area contributed by atoms with Crippen molar-refractivity contribution in [3.05, 3.63) is 24.3 Å². The molecule has 0 radical (unpaired) electrons. The SMILES string of the molecule is NS(=O)(=O)c1cccc(S(=O)(=O)NC2CCC(O)CC2)c1. The van der Waals surface area contributed by atoms with Crippen LogP contribution >= 0.6 is 0 Å². The molecule has 118 valence electrons. The molecule has 2 rings (SSSR count). The van der Waals surface area contributed by atoms with Gasteiger partial charge in [-0.15, -0.1) is 0 Å². The number of nitrogens with one attached hydrogen (secondary N) is 1. The molecule has 7 nitrogen and oxygen atoms in total. The lowest BCUT2D eigenvalue weighted by Gasteiger charge is -2.26. The molecular formula is C12H18N2O5S2. The van der Waals surface area contributed by atoms with E-state index in [1.165, 1.54) is 18.2 Å². The van der Waals surface area contributed by atoms with Gasteiger partial charge in [0.2, 0.25) is 20.0 Å². The lowest BCUT2D eigenvalue weighted by atomic mass is 9.94. The maximum absolute atomic E-state index is 12.3. The van der Waals surface area contributed by atoms with E-state index in [1.807, 2.05) is 0 Å². The highest BCUT2D eigenvalue weighted by atomic mass is 32.2. The molecule has 0 atom stereocenters. The summed E-state index contributed by atoms with van der Waals surface area (Å²) in [5.74, 6) is 0. The Labute approximate surface area is 124 Å². The van der Waals surface area contributed by atoms with Crippen LogP contribution in [0.15, 0.2) is 34.1 Å². The standard InChI is InChI=1S/C12H18N2O5S2/c13-20(16,17)11-2-1-3-12(8-11)21(18,19)14-9-4-6-10(15)7-5-9/h1-3,8-10,14-15H,4-7H2,(H2,13,16,17). The van der Waals surface area contributed by atoms with Gasteiger partial charge in [-0.3, -0.25) is 0 Å². The number of sulfonamides is 2. The van der Waals surface area contributed by atoms with Gasteiger partial charge in [-0.05, 0) is 43.9 Å². The number of aliphatic hydroxyl groups excluding tert-OH is 1. The van der Waals surface area contributed by atoms with Gasteiger partial charge in [0.05, 0.1) is 15.9 Å². The number of primary sulfonamides is 1. The zero-order chi connectivity index (χ0) is 15.7. The lowest BCUT2D eigenvalue weighted by molar-refractivity contribution is 0.120. The van der Waals surface area contributed by atoms with Gasteiger partial charge in [0.1, 0.15) is 0 Å². The quantitative estimate of drug-likeness (QED) is 0.709. The van der Waals surface area contributed by atoms with Crippen molar-refractivity contribution in [2.45, 2.75) is 47.6 Å². The molecule has 0 saturated heterocycles. The largest absolute Gasteiger partial charge is 0.393 e. The summed E-state index contributed by atoms with van der Waals surface area (Å²) in [7, 11) is -7.76. The first-order valence-electron chi connectivity index (χ1n) is 6.52. The Morgan fingerprint density at radius 3 is 2.19 bits per heavy atom. The second-order valence-electron chi connectivity index (χ2n) is 5.15. The second-order valence-corrected chi connectivity index (χ2v) is 8.42. The van der Waals surface area contributed by atoms with Gasteiger partial charge < -0.3 is 5.11 Å². The summed E-state index contributed by atoms with van der Waals surface area (Å²) in [6, 6.07) is 4.67. The van der Waals surface area contributed by atoms with Gasteiger partial charge >= 0.3 is 0 Å². The van der Waals surface area contributed by atoms with E-state index in [0.29, 0.717) is 25.7 Å². The second kappa shape index (κ2) is 6.01. The van der Waals surface area contributed by atoms with E-state index >= 15 is 0 Å². The average Bonchev–Trinajstić information content (AvgIpc) is 2.40. The summed E-state index contributed by atoms with van der Waals surface area (Å²) < 4.78 is 49.6. The highest BCUT2D eigenvalue weighted by molar-refractivity contribution is 7.90. The van der Waals surface area contributed by atoms with Crippen LogP contribution in [-0.2, 0) is 20.0 Å². The number of hydrogen-bond acceptors (Lipinski definition) is 5. The molecule has 9 heteroatoms. The van der Waals surface area contributed by atoms with E-state index in [2.05, 4.69) is 4.72 Å². The highest BCUT2D eigenvalue weighted by Gasteiger charge is 2.25. The van der Waals surface area contributed by atoms with Crippen molar-refractivity contribution in [1.29, 1.82) is 0 Å². The maximum atomic E-state index is 12.3. The molecule has 4 N–H and O–H groups in total. The third kappa shape index (κ3) is 4.24. The predicted molar refractivity (Wildman–Crippen MR) is 76.4 cm³/mol. The number of hydrogen-bond donors (Lipinski definition) is 3. The molecule has 1 aliphatic rings. The van der Waals surface area contributed by atoms with Crippen LogP contribution in [0.2, 0.25) is 0 Å². The average molecular weight is 334 g/mol. The summed E-state index contributed by atoms with van der Waals surface area (Å²) in [4.78, 5) is -0.385. The Balaban J connectivity index is 2.20. The normalized spacial score (nSPS) is 23.9. The molecule has 0 aliphatic heterocycles. The van der Waals surface area contributed by atoms with Crippen molar-refractivity contribution in [2.75, 3.05) is 0 Å². The molecule has 0 aromatic heterocycles. The van der Waals surface area contributed by atoms with Crippen LogP contribution in [0.25, 0.3) is 0 Å². The minimum absolute atomic E-state index is 0.139. The molecule has 1 aromatic rings. The first-order valence-corrected chi connectivity index (χ1v) is 9.55. The van der Waals surface area contributed by atoms with Gasteiger partial charge in [0, 0.05) is 6.04 Å². The minimum Gasteiger partial charge on any atom is -0.393 e. The van der Waals surface area contributed by atoms with Gasteiger partial charge in [-0.1, -0.05) is 6.07 Å². The van der Waals surface area contributed by atoms with Gasteiger partial charge in [0.25, 0.3) is 0 Å². The van der Waals surface area contributed by atoms with Crippen molar-refractivity contribution in [2.24, 2.45) is 5.14 Å². The van der Waals surface area contributed by atoms with Crippen LogP contribution in [0.5, 0.6) is 0 Å². The smallest absolute Gasteiger partial charge is 0.240 e. The van der Waals surface area contributed by atoms with Crippen molar-refractivity contribution in [3.63, 3.8) is 0 Å². The Bertz CT molecular complexity index is 707. The fraction of sp³-hybridized carbons (Fsp3) is 0.500. The summed E-state index contributed by atoms with van der Waals surface area (Å²) >= 11 is 0. The molecule has 0 amide bonds. The third-order valence-corrected chi connectivity index (χ3v) is 5.89. The molecule has 1 saturated carbocycles. The highest BCUT2D eigenvalue weighted by Crippen LogP contribution is 2.21. The fourth-order valence-corrected chi connectivity index (χ4v) is 4.28. The van der Waals surface area contributed by atoms with Crippen molar-refractivity contribution < 1.29 is 21.9 Å². The predicted octanol–water partition coefficient (Wildman–Crippen LogP) is -0.0842. The number of benzene rings is 1. The zero-order valence-corrected chi connectivity index (χ0v) is 12.9. The number of aliphatic hydroxyl groups is 1. The van der Waals surface area contributed by atoms with E-state index in [1.54, 1.807) is 0 Å². The van der Waals surface area contributed by atoms with E-state index < -0.39 is 20.0 Å².